The lowest BCUT2D eigenvalue weighted by molar-refractivity contribution is -0.131. The number of methoxy groups -OCH3 is 2. The summed E-state index contributed by atoms with van der Waals surface area (Å²) in [4.78, 5) is 32.6. The Morgan fingerprint density at radius 2 is 1.68 bits per heavy atom. The molecule has 4 rings (SSSR count). The minimum Gasteiger partial charge on any atom is -0.493 e. The summed E-state index contributed by atoms with van der Waals surface area (Å²) in [5.41, 5.74) is 4.42. The van der Waals surface area contributed by atoms with Gasteiger partial charge in [-0.15, -0.1) is 0 Å². The molecule has 1 N–H and O–H groups in total. The second-order valence-corrected chi connectivity index (χ2v) is 9.40. The summed E-state index contributed by atoms with van der Waals surface area (Å²) < 4.78 is 10.7. The van der Waals surface area contributed by atoms with Crippen molar-refractivity contribution >= 4 is 11.8 Å². The average Bonchev–Trinajstić information content (AvgIpc) is 2.93. The van der Waals surface area contributed by atoms with Gasteiger partial charge in [0.1, 0.15) is 0 Å². The van der Waals surface area contributed by atoms with E-state index >= 15 is 0 Å². The van der Waals surface area contributed by atoms with Crippen molar-refractivity contribution in [3.05, 3.63) is 88.7 Å². The Bertz CT molecular complexity index is 1220. The van der Waals surface area contributed by atoms with E-state index in [0.29, 0.717) is 49.5 Å². The fourth-order valence-corrected chi connectivity index (χ4v) is 4.82. The molecule has 1 saturated heterocycles. The van der Waals surface area contributed by atoms with Gasteiger partial charge >= 0.3 is 0 Å². The van der Waals surface area contributed by atoms with Crippen molar-refractivity contribution in [2.75, 3.05) is 33.9 Å². The van der Waals surface area contributed by atoms with E-state index < -0.39 is 0 Å². The van der Waals surface area contributed by atoms with Gasteiger partial charge in [0.05, 0.1) is 31.9 Å². The molecule has 0 atom stereocenters. The highest BCUT2D eigenvalue weighted by atomic mass is 16.5. The van der Waals surface area contributed by atoms with Crippen molar-refractivity contribution in [3.63, 3.8) is 0 Å². The van der Waals surface area contributed by atoms with Crippen LogP contribution in [0.5, 0.6) is 11.5 Å². The number of ether oxygens (including phenoxy) is 2. The molecule has 37 heavy (non-hydrogen) atoms. The minimum atomic E-state index is -0.120. The SMILES string of the molecule is COc1ccc(CCNC(=O)c2ccc(C)nc2C2CCN(C(=O)Cc3ccccc3)CC2)cc1OC. The highest BCUT2D eigenvalue weighted by Gasteiger charge is 2.28. The van der Waals surface area contributed by atoms with Crippen LogP contribution in [-0.2, 0) is 17.6 Å². The molecule has 7 nitrogen and oxygen atoms in total. The number of rotatable bonds is 9. The van der Waals surface area contributed by atoms with E-state index in [1.54, 1.807) is 14.2 Å². The van der Waals surface area contributed by atoms with E-state index in [1.165, 1.54) is 0 Å². The summed E-state index contributed by atoms with van der Waals surface area (Å²) in [5.74, 6) is 1.52. The molecule has 0 bridgehead atoms. The molecular weight excluding hydrogens is 466 g/mol. The van der Waals surface area contributed by atoms with Gasteiger partial charge in [-0.2, -0.15) is 0 Å². The molecule has 2 heterocycles. The first-order valence-corrected chi connectivity index (χ1v) is 12.8. The van der Waals surface area contributed by atoms with E-state index in [1.807, 2.05) is 72.5 Å². The van der Waals surface area contributed by atoms with Gasteiger partial charge in [-0.05, 0) is 61.6 Å². The van der Waals surface area contributed by atoms with Crippen molar-refractivity contribution in [2.45, 2.75) is 38.5 Å². The first kappa shape index (κ1) is 26.2. The number of hydrogen-bond donors (Lipinski definition) is 1. The smallest absolute Gasteiger partial charge is 0.253 e. The van der Waals surface area contributed by atoms with Gasteiger partial charge in [0.2, 0.25) is 5.91 Å². The number of carbonyl (C=O) groups is 2. The Kier molecular flexibility index (Phi) is 8.77. The molecule has 194 valence electrons. The van der Waals surface area contributed by atoms with Gasteiger partial charge in [0, 0.05) is 31.2 Å². The predicted molar refractivity (Wildman–Crippen MR) is 143 cm³/mol. The molecule has 1 aliphatic rings. The lowest BCUT2D eigenvalue weighted by Gasteiger charge is -2.32. The number of benzene rings is 2. The summed E-state index contributed by atoms with van der Waals surface area (Å²) in [6.45, 7) is 3.79. The highest BCUT2D eigenvalue weighted by Crippen LogP contribution is 2.30. The molecule has 3 aromatic rings. The molecule has 0 saturated carbocycles. The first-order chi connectivity index (χ1) is 18.0. The van der Waals surface area contributed by atoms with E-state index in [9.17, 15) is 9.59 Å². The summed E-state index contributed by atoms with van der Waals surface area (Å²) >= 11 is 0. The number of aromatic nitrogens is 1. The number of pyridine rings is 1. The molecule has 2 aromatic carbocycles. The second-order valence-electron chi connectivity index (χ2n) is 9.40. The Balaban J connectivity index is 1.35. The van der Waals surface area contributed by atoms with Crippen molar-refractivity contribution in [1.82, 2.24) is 15.2 Å². The van der Waals surface area contributed by atoms with Crippen molar-refractivity contribution in [2.24, 2.45) is 0 Å². The van der Waals surface area contributed by atoms with Crippen molar-refractivity contribution < 1.29 is 19.1 Å². The zero-order valence-electron chi connectivity index (χ0n) is 21.8. The summed E-state index contributed by atoms with van der Waals surface area (Å²) in [6.07, 6.45) is 2.68. The van der Waals surface area contributed by atoms with Gasteiger partial charge in [0.25, 0.3) is 5.91 Å². The zero-order chi connectivity index (χ0) is 26.2. The number of piperidine rings is 1. The number of nitrogens with zero attached hydrogens (tertiary/aromatic N) is 2. The number of hydrogen-bond acceptors (Lipinski definition) is 5. The molecule has 1 aromatic heterocycles. The van der Waals surface area contributed by atoms with Gasteiger partial charge in [-0.25, -0.2) is 0 Å². The Morgan fingerprint density at radius 1 is 0.946 bits per heavy atom. The van der Waals surface area contributed by atoms with Crippen LogP contribution in [0, 0.1) is 6.92 Å². The third kappa shape index (κ3) is 6.67. The van der Waals surface area contributed by atoms with Crippen LogP contribution in [0.1, 0.15) is 51.6 Å². The standard InChI is InChI=1S/C30H35N3O4/c1-21-9-11-25(30(35)31-16-13-23-10-12-26(36-2)27(19-23)37-3)29(32-21)24-14-17-33(18-15-24)28(34)20-22-7-5-4-6-8-22/h4-12,19,24H,13-18,20H2,1-3H3,(H,31,35). The number of carbonyl (C=O) groups excluding carboxylic acids is 2. The van der Waals surface area contributed by atoms with Crippen LogP contribution in [0.2, 0.25) is 0 Å². The maximum atomic E-state index is 13.1. The Hall–Kier alpha value is -3.87. The second kappa shape index (κ2) is 12.4. The number of nitrogens with one attached hydrogen (secondary N) is 1. The molecule has 7 heteroatoms. The lowest BCUT2D eigenvalue weighted by atomic mass is 9.89. The number of aryl methyl sites for hydroxylation is 1. The largest absolute Gasteiger partial charge is 0.493 e. The number of amides is 2. The first-order valence-electron chi connectivity index (χ1n) is 12.8. The van der Waals surface area contributed by atoms with Crippen molar-refractivity contribution in [3.8, 4) is 11.5 Å². The highest BCUT2D eigenvalue weighted by molar-refractivity contribution is 5.95. The van der Waals surface area contributed by atoms with Gasteiger partial charge < -0.3 is 19.7 Å². The summed E-state index contributed by atoms with van der Waals surface area (Å²) in [5, 5.41) is 3.05. The van der Waals surface area contributed by atoms with Crippen LogP contribution in [0.3, 0.4) is 0 Å². The quantitative estimate of drug-likeness (QED) is 0.472. The molecule has 0 unspecified atom stereocenters. The molecule has 0 radical (unpaired) electrons. The lowest BCUT2D eigenvalue weighted by Crippen LogP contribution is -2.39. The third-order valence-corrected chi connectivity index (χ3v) is 6.89. The molecule has 1 fully saturated rings. The Morgan fingerprint density at radius 3 is 2.38 bits per heavy atom. The van der Waals surface area contributed by atoms with E-state index in [0.717, 1.165) is 35.4 Å². The molecular formula is C30H35N3O4. The maximum Gasteiger partial charge on any atom is 0.253 e. The molecule has 0 spiro atoms. The van der Waals surface area contributed by atoms with Gasteiger partial charge in [-0.1, -0.05) is 36.4 Å². The average molecular weight is 502 g/mol. The predicted octanol–water partition coefficient (Wildman–Crippen LogP) is 4.33. The van der Waals surface area contributed by atoms with Crippen LogP contribution >= 0.6 is 0 Å². The van der Waals surface area contributed by atoms with Crippen LogP contribution in [0.4, 0.5) is 0 Å². The summed E-state index contributed by atoms with van der Waals surface area (Å²) in [7, 11) is 3.22. The molecule has 2 amide bonds. The van der Waals surface area contributed by atoms with Crippen LogP contribution in [0.15, 0.2) is 60.7 Å². The van der Waals surface area contributed by atoms with Crippen LogP contribution < -0.4 is 14.8 Å². The molecule has 0 aliphatic carbocycles. The fourth-order valence-electron chi connectivity index (χ4n) is 4.82. The zero-order valence-corrected chi connectivity index (χ0v) is 21.8. The minimum absolute atomic E-state index is 0.120. The normalized spacial score (nSPS) is 13.8. The molecule has 1 aliphatic heterocycles. The van der Waals surface area contributed by atoms with Crippen LogP contribution in [-0.4, -0.2) is 55.6 Å². The maximum absolute atomic E-state index is 13.1. The van der Waals surface area contributed by atoms with E-state index in [4.69, 9.17) is 14.5 Å². The summed E-state index contributed by atoms with van der Waals surface area (Å²) in [6, 6.07) is 19.4. The van der Waals surface area contributed by atoms with Crippen LogP contribution in [0.25, 0.3) is 0 Å². The van der Waals surface area contributed by atoms with Crippen molar-refractivity contribution in [1.29, 1.82) is 0 Å². The fraction of sp³-hybridized carbons (Fsp3) is 0.367. The van der Waals surface area contributed by atoms with E-state index in [2.05, 4.69) is 5.32 Å². The number of likely N-dealkylation sites (tertiary alicyclic amines) is 1. The monoisotopic (exact) mass is 501 g/mol. The van der Waals surface area contributed by atoms with Gasteiger partial charge in [0.15, 0.2) is 11.5 Å². The topological polar surface area (TPSA) is 80.8 Å². The Labute approximate surface area is 218 Å². The third-order valence-electron chi connectivity index (χ3n) is 6.89. The van der Waals surface area contributed by atoms with E-state index in [-0.39, 0.29) is 17.7 Å². The van der Waals surface area contributed by atoms with Gasteiger partial charge in [-0.3, -0.25) is 14.6 Å².